The molecule has 0 amide bonds. The van der Waals surface area contributed by atoms with E-state index in [-0.39, 0.29) is 17.3 Å². The van der Waals surface area contributed by atoms with Crippen molar-refractivity contribution in [3.63, 3.8) is 0 Å². The molecule has 3 N–H and O–H groups in total. The highest BCUT2D eigenvalue weighted by Gasteiger charge is 2.31. The Balaban J connectivity index is 1.20. The highest BCUT2D eigenvalue weighted by atomic mass is 16.1. The van der Waals surface area contributed by atoms with Gasteiger partial charge in [-0.1, -0.05) is 12.2 Å². The second-order valence-corrected chi connectivity index (χ2v) is 9.41. The Bertz CT molecular complexity index is 926. The molecule has 2 fully saturated rings. The van der Waals surface area contributed by atoms with Crippen molar-refractivity contribution in [2.45, 2.75) is 38.3 Å². The molecular formula is C24H32N4O2. The van der Waals surface area contributed by atoms with Crippen molar-refractivity contribution in [3.8, 4) is 0 Å². The number of ketones is 1. The third kappa shape index (κ3) is 4.09. The van der Waals surface area contributed by atoms with E-state index in [1.807, 2.05) is 10.6 Å². The number of piperidine rings is 2. The minimum atomic E-state index is 0.0233. The van der Waals surface area contributed by atoms with Crippen LogP contribution in [-0.4, -0.2) is 43.1 Å². The van der Waals surface area contributed by atoms with E-state index in [1.165, 1.54) is 12.1 Å². The van der Waals surface area contributed by atoms with Crippen molar-refractivity contribution >= 4 is 5.78 Å². The molecule has 4 heterocycles. The summed E-state index contributed by atoms with van der Waals surface area (Å²) in [5.74, 6) is 1.70. The maximum Gasteiger partial charge on any atom is 0.251 e. The standard InChI is InChI=1S/C24H32N4O2/c29-23-8-16(3-4-21(23)19-2-1-5-25-13-19)10-26-11-17-7-22-20-6-18(12-27-14-20)15-28(22)24(30)9-17/h3-4,7-9,18-21,25-27H,1-2,5-6,10-15H2/t18?,19-,20?,21?/m0/s1. The number of allylic oxidation sites excluding steroid dienone is 2. The van der Waals surface area contributed by atoms with E-state index in [0.29, 0.717) is 30.8 Å². The van der Waals surface area contributed by atoms with Crippen molar-refractivity contribution < 1.29 is 4.79 Å². The van der Waals surface area contributed by atoms with Gasteiger partial charge in [-0.05, 0) is 74.0 Å². The van der Waals surface area contributed by atoms with E-state index < -0.39 is 0 Å². The Hall–Kier alpha value is -2.02. The van der Waals surface area contributed by atoms with Gasteiger partial charge < -0.3 is 20.5 Å². The van der Waals surface area contributed by atoms with Crippen LogP contribution in [0, 0.1) is 17.8 Å². The van der Waals surface area contributed by atoms with Crippen molar-refractivity contribution in [1.29, 1.82) is 0 Å². The third-order valence-corrected chi connectivity index (χ3v) is 7.20. The van der Waals surface area contributed by atoms with Crippen LogP contribution in [0.25, 0.3) is 0 Å². The molecule has 6 heteroatoms. The summed E-state index contributed by atoms with van der Waals surface area (Å²) >= 11 is 0. The molecule has 0 radical (unpaired) electrons. The minimum absolute atomic E-state index is 0.0233. The highest BCUT2D eigenvalue weighted by molar-refractivity contribution is 5.95. The number of fused-ring (bicyclic) bond motifs is 4. The maximum atomic E-state index is 12.7. The fourth-order valence-corrected chi connectivity index (χ4v) is 5.65. The van der Waals surface area contributed by atoms with Gasteiger partial charge in [-0.15, -0.1) is 0 Å². The Labute approximate surface area is 177 Å². The average molecular weight is 409 g/mol. The summed E-state index contributed by atoms with van der Waals surface area (Å²) < 4.78 is 1.98. The van der Waals surface area contributed by atoms with Crippen LogP contribution >= 0.6 is 0 Å². The fourth-order valence-electron chi connectivity index (χ4n) is 5.65. The minimum Gasteiger partial charge on any atom is -0.316 e. The molecule has 160 valence electrons. The predicted octanol–water partition coefficient (Wildman–Crippen LogP) is 1.33. The van der Waals surface area contributed by atoms with E-state index in [0.717, 1.165) is 56.7 Å². The molecule has 4 aliphatic rings. The number of rotatable bonds is 5. The number of carbonyl (C=O) groups is 1. The zero-order chi connectivity index (χ0) is 20.5. The van der Waals surface area contributed by atoms with Gasteiger partial charge in [0.15, 0.2) is 5.78 Å². The summed E-state index contributed by atoms with van der Waals surface area (Å²) in [6.07, 6.45) is 9.46. The lowest BCUT2D eigenvalue weighted by Crippen LogP contribution is -2.45. The van der Waals surface area contributed by atoms with Crippen LogP contribution in [0.4, 0.5) is 0 Å². The fraction of sp³-hybridized carbons (Fsp3) is 0.583. The lowest BCUT2D eigenvalue weighted by atomic mass is 9.80. The highest BCUT2D eigenvalue weighted by Crippen LogP contribution is 2.32. The molecule has 1 aromatic rings. The van der Waals surface area contributed by atoms with Gasteiger partial charge in [-0.3, -0.25) is 9.59 Å². The van der Waals surface area contributed by atoms with E-state index in [2.05, 4.69) is 34.2 Å². The number of aromatic nitrogens is 1. The molecule has 3 aliphatic heterocycles. The zero-order valence-electron chi connectivity index (χ0n) is 17.5. The summed E-state index contributed by atoms with van der Waals surface area (Å²) in [5.41, 5.74) is 3.36. The molecule has 30 heavy (non-hydrogen) atoms. The number of hydrogen-bond donors (Lipinski definition) is 3. The molecule has 1 aromatic heterocycles. The second-order valence-electron chi connectivity index (χ2n) is 9.41. The van der Waals surface area contributed by atoms with Crippen molar-refractivity contribution in [2.24, 2.45) is 17.8 Å². The number of nitrogens with zero attached hydrogens (tertiary/aromatic N) is 1. The van der Waals surface area contributed by atoms with E-state index in [9.17, 15) is 9.59 Å². The summed E-state index contributed by atoms with van der Waals surface area (Å²) in [4.78, 5) is 25.3. The smallest absolute Gasteiger partial charge is 0.251 e. The number of carbonyl (C=O) groups excluding carboxylic acids is 1. The average Bonchev–Trinajstić information content (AvgIpc) is 2.76. The molecule has 5 rings (SSSR count). The van der Waals surface area contributed by atoms with Crippen LogP contribution in [-0.2, 0) is 17.9 Å². The zero-order valence-corrected chi connectivity index (χ0v) is 17.5. The van der Waals surface area contributed by atoms with E-state index in [4.69, 9.17) is 0 Å². The summed E-state index contributed by atoms with van der Waals surface area (Å²) in [7, 11) is 0. The van der Waals surface area contributed by atoms with Gasteiger partial charge >= 0.3 is 0 Å². The molecule has 1 aliphatic carbocycles. The quantitative estimate of drug-likeness (QED) is 0.685. The second kappa shape index (κ2) is 8.61. The SMILES string of the molecule is O=C1C=C(CNCc2cc3n(c(=O)c2)CC2CNCC3C2)C=CC1[C@H]1CCCNC1. The molecular weight excluding hydrogens is 376 g/mol. The topological polar surface area (TPSA) is 75.2 Å². The van der Waals surface area contributed by atoms with Crippen LogP contribution in [0.5, 0.6) is 0 Å². The lowest BCUT2D eigenvalue weighted by Gasteiger charge is -2.37. The molecule has 0 saturated carbocycles. The van der Waals surface area contributed by atoms with Gasteiger partial charge in [0.1, 0.15) is 0 Å². The summed E-state index contributed by atoms with van der Waals surface area (Å²) in [6.45, 7) is 6.10. The molecule has 0 aromatic carbocycles. The Morgan fingerprint density at radius 2 is 2.03 bits per heavy atom. The normalized spacial score (nSPS) is 30.7. The largest absolute Gasteiger partial charge is 0.316 e. The molecule has 3 unspecified atom stereocenters. The summed E-state index contributed by atoms with van der Waals surface area (Å²) in [5, 5.41) is 10.3. The van der Waals surface area contributed by atoms with Crippen LogP contribution in [0.3, 0.4) is 0 Å². The van der Waals surface area contributed by atoms with Crippen molar-refractivity contribution in [1.82, 2.24) is 20.5 Å². The van der Waals surface area contributed by atoms with Gasteiger partial charge in [0.05, 0.1) is 0 Å². The van der Waals surface area contributed by atoms with Gasteiger partial charge in [0.25, 0.3) is 5.56 Å². The molecule has 2 saturated heterocycles. The van der Waals surface area contributed by atoms with Gasteiger partial charge in [0.2, 0.25) is 0 Å². The van der Waals surface area contributed by atoms with Crippen LogP contribution in [0.15, 0.2) is 40.7 Å². The maximum absolute atomic E-state index is 12.7. The van der Waals surface area contributed by atoms with Crippen molar-refractivity contribution in [3.05, 3.63) is 57.5 Å². The molecule has 2 bridgehead atoms. The monoisotopic (exact) mass is 408 g/mol. The molecule has 6 nitrogen and oxygen atoms in total. The molecule has 0 spiro atoms. The number of pyridine rings is 1. The summed E-state index contributed by atoms with van der Waals surface area (Å²) in [6, 6.07) is 3.97. The van der Waals surface area contributed by atoms with Gasteiger partial charge in [0, 0.05) is 49.8 Å². The van der Waals surface area contributed by atoms with Gasteiger partial charge in [-0.2, -0.15) is 0 Å². The van der Waals surface area contributed by atoms with Crippen LogP contribution in [0.2, 0.25) is 0 Å². The van der Waals surface area contributed by atoms with Crippen molar-refractivity contribution in [2.75, 3.05) is 32.7 Å². The van der Waals surface area contributed by atoms with E-state index in [1.54, 1.807) is 6.07 Å². The Kier molecular flexibility index (Phi) is 5.72. The van der Waals surface area contributed by atoms with E-state index >= 15 is 0 Å². The first-order valence-corrected chi connectivity index (χ1v) is 11.5. The third-order valence-electron chi connectivity index (χ3n) is 7.20. The molecule has 4 atom stereocenters. The number of hydrogen-bond acceptors (Lipinski definition) is 5. The first kappa shape index (κ1) is 19.9. The first-order chi connectivity index (χ1) is 14.7. The lowest BCUT2D eigenvalue weighted by molar-refractivity contribution is -0.118. The predicted molar refractivity (Wildman–Crippen MR) is 117 cm³/mol. The van der Waals surface area contributed by atoms with Crippen LogP contribution in [0.1, 0.15) is 36.4 Å². The first-order valence-electron chi connectivity index (χ1n) is 11.5. The van der Waals surface area contributed by atoms with Crippen LogP contribution < -0.4 is 21.5 Å². The van der Waals surface area contributed by atoms with Gasteiger partial charge in [-0.25, -0.2) is 0 Å². The number of nitrogens with one attached hydrogen (secondary N) is 3. The Morgan fingerprint density at radius 1 is 1.10 bits per heavy atom. The Morgan fingerprint density at radius 3 is 2.87 bits per heavy atom.